The lowest BCUT2D eigenvalue weighted by Crippen LogP contribution is -2.52. The van der Waals surface area contributed by atoms with Crippen LogP contribution < -0.4 is 5.32 Å². The minimum atomic E-state index is -4.20. The molecule has 2 amide bonds. The number of hydrogen-bond donors (Lipinski definition) is 2. The van der Waals surface area contributed by atoms with Crippen molar-refractivity contribution in [3.8, 4) is 0 Å². The largest absolute Gasteiger partial charge is 0.391 e. The van der Waals surface area contributed by atoms with Crippen LogP contribution in [0.15, 0.2) is 0 Å². The first kappa shape index (κ1) is 16.1. The van der Waals surface area contributed by atoms with Crippen LogP contribution in [0, 0.1) is 5.92 Å². The topological polar surface area (TPSA) is 49.4 Å². The average Bonchev–Trinajstić information content (AvgIpc) is 2.34. The highest BCUT2D eigenvalue weighted by Crippen LogP contribution is 2.34. The Morgan fingerprint density at radius 3 is 2.26 bits per heavy atom. The normalized spacial score (nSPS) is 19.1. The molecule has 0 saturated carbocycles. The summed E-state index contributed by atoms with van der Waals surface area (Å²) < 4.78 is 37.5. The number of alkyl halides is 3. The van der Waals surface area contributed by atoms with Gasteiger partial charge in [-0.05, 0) is 12.8 Å². The standard InChI is InChI=1S/C11H17F3N2O2S/c1-7(17)15-9(6-19)10(18)16-4-2-8(3-5-16)11(12,13)14/h8-9,19H,2-6H2,1H3,(H,15,17). The Labute approximate surface area is 115 Å². The smallest absolute Gasteiger partial charge is 0.344 e. The van der Waals surface area contributed by atoms with Gasteiger partial charge in [0.05, 0.1) is 5.92 Å². The number of hydrogen-bond acceptors (Lipinski definition) is 3. The van der Waals surface area contributed by atoms with E-state index in [4.69, 9.17) is 0 Å². The van der Waals surface area contributed by atoms with E-state index in [1.165, 1.54) is 11.8 Å². The zero-order valence-corrected chi connectivity index (χ0v) is 11.4. The van der Waals surface area contributed by atoms with Gasteiger partial charge in [-0.15, -0.1) is 0 Å². The molecule has 0 spiro atoms. The first-order valence-corrected chi connectivity index (χ1v) is 6.62. The number of carbonyl (C=O) groups excluding carboxylic acids is 2. The van der Waals surface area contributed by atoms with E-state index in [0.29, 0.717) is 0 Å². The Hall–Kier alpha value is -0.920. The molecule has 1 unspecified atom stereocenters. The van der Waals surface area contributed by atoms with Gasteiger partial charge in [0.2, 0.25) is 11.8 Å². The number of likely N-dealkylation sites (tertiary alicyclic amines) is 1. The molecule has 1 heterocycles. The van der Waals surface area contributed by atoms with E-state index in [9.17, 15) is 22.8 Å². The van der Waals surface area contributed by atoms with Crippen molar-refractivity contribution in [2.75, 3.05) is 18.8 Å². The quantitative estimate of drug-likeness (QED) is 0.770. The van der Waals surface area contributed by atoms with Crippen LogP contribution in [0.3, 0.4) is 0 Å². The van der Waals surface area contributed by atoms with E-state index >= 15 is 0 Å². The minimum Gasteiger partial charge on any atom is -0.344 e. The van der Waals surface area contributed by atoms with Crippen LogP contribution in [0.5, 0.6) is 0 Å². The predicted molar refractivity (Wildman–Crippen MR) is 66.8 cm³/mol. The fourth-order valence-electron chi connectivity index (χ4n) is 2.08. The van der Waals surface area contributed by atoms with Crippen molar-refractivity contribution >= 4 is 24.4 Å². The van der Waals surface area contributed by atoms with Crippen LogP contribution in [0.1, 0.15) is 19.8 Å². The summed E-state index contributed by atoms with van der Waals surface area (Å²) in [5.74, 6) is -1.95. The van der Waals surface area contributed by atoms with Crippen molar-refractivity contribution in [1.82, 2.24) is 10.2 Å². The van der Waals surface area contributed by atoms with Gasteiger partial charge < -0.3 is 10.2 Å². The molecular formula is C11H17F3N2O2S. The van der Waals surface area contributed by atoms with E-state index < -0.39 is 18.1 Å². The highest BCUT2D eigenvalue weighted by Gasteiger charge is 2.42. The van der Waals surface area contributed by atoms with Crippen LogP contribution in [-0.2, 0) is 9.59 Å². The Bertz CT molecular complexity index is 341. The molecule has 1 aliphatic rings. The van der Waals surface area contributed by atoms with Crippen LogP contribution in [0.25, 0.3) is 0 Å². The molecule has 0 bridgehead atoms. The highest BCUT2D eigenvalue weighted by molar-refractivity contribution is 7.80. The molecule has 4 nitrogen and oxygen atoms in total. The Balaban J connectivity index is 2.54. The van der Waals surface area contributed by atoms with Crippen molar-refractivity contribution in [1.29, 1.82) is 0 Å². The number of nitrogens with one attached hydrogen (secondary N) is 1. The third-order valence-electron chi connectivity index (χ3n) is 3.13. The molecule has 1 atom stereocenters. The van der Waals surface area contributed by atoms with Crippen molar-refractivity contribution in [2.24, 2.45) is 5.92 Å². The van der Waals surface area contributed by atoms with Gasteiger partial charge in [-0.2, -0.15) is 25.8 Å². The molecule has 0 radical (unpaired) electrons. The lowest BCUT2D eigenvalue weighted by molar-refractivity contribution is -0.186. The molecule has 1 aliphatic heterocycles. The summed E-state index contributed by atoms with van der Waals surface area (Å²) >= 11 is 3.97. The van der Waals surface area contributed by atoms with Crippen molar-refractivity contribution in [3.05, 3.63) is 0 Å². The zero-order chi connectivity index (χ0) is 14.6. The number of nitrogens with zero attached hydrogens (tertiary/aromatic N) is 1. The first-order chi connectivity index (χ1) is 8.75. The minimum absolute atomic E-state index is 0.0624. The van der Waals surface area contributed by atoms with Crippen LogP contribution in [-0.4, -0.2) is 47.8 Å². The van der Waals surface area contributed by atoms with Gasteiger partial charge in [-0.25, -0.2) is 0 Å². The molecule has 1 saturated heterocycles. The number of carbonyl (C=O) groups is 2. The number of thiol groups is 1. The molecule has 1 fully saturated rings. The average molecular weight is 298 g/mol. The molecule has 1 rings (SSSR count). The van der Waals surface area contributed by atoms with Crippen molar-refractivity contribution in [3.63, 3.8) is 0 Å². The molecule has 0 aliphatic carbocycles. The van der Waals surface area contributed by atoms with Gasteiger partial charge in [-0.3, -0.25) is 9.59 Å². The Morgan fingerprint density at radius 2 is 1.89 bits per heavy atom. The Kier molecular flexibility index (Phi) is 5.51. The summed E-state index contributed by atoms with van der Waals surface area (Å²) in [5, 5.41) is 2.44. The highest BCUT2D eigenvalue weighted by atomic mass is 32.1. The zero-order valence-electron chi connectivity index (χ0n) is 10.5. The van der Waals surface area contributed by atoms with E-state index in [0.717, 1.165) is 0 Å². The summed E-state index contributed by atoms with van der Waals surface area (Å²) in [4.78, 5) is 24.3. The number of piperidine rings is 1. The second kappa shape index (κ2) is 6.49. The number of rotatable bonds is 3. The van der Waals surface area contributed by atoms with E-state index in [2.05, 4.69) is 17.9 Å². The second-order valence-electron chi connectivity index (χ2n) is 4.58. The van der Waals surface area contributed by atoms with Crippen LogP contribution >= 0.6 is 12.6 Å². The lowest BCUT2D eigenvalue weighted by atomic mass is 9.96. The molecule has 110 valence electrons. The fraction of sp³-hybridized carbons (Fsp3) is 0.818. The molecule has 8 heteroatoms. The van der Waals surface area contributed by atoms with Gasteiger partial charge >= 0.3 is 6.18 Å². The maximum absolute atomic E-state index is 12.5. The van der Waals surface area contributed by atoms with Crippen LogP contribution in [0.4, 0.5) is 13.2 Å². The van der Waals surface area contributed by atoms with Crippen LogP contribution in [0.2, 0.25) is 0 Å². The maximum atomic E-state index is 12.5. The third kappa shape index (κ3) is 4.59. The van der Waals surface area contributed by atoms with Gasteiger partial charge in [-0.1, -0.05) is 0 Å². The number of amides is 2. The van der Waals surface area contributed by atoms with Crippen molar-refractivity contribution < 1.29 is 22.8 Å². The predicted octanol–water partition coefficient (Wildman–Crippen LogP) is 1.22. The Morgan fingerprint density at radius 1 is 1.37 bits per heavy atom. The molecule has 19 heavy (non-hydrogen) atoms. The van der Waals surface area contributed by atoms with Gasteiger partial charge in [0.25, 0.3) is 0 Å². The van der Waals surface area contributed by atoms with Crippen molar-refractivity contribution in [2.45, 2.75) is 32.0 Å². The molecule has 1 N–H and O–H groups in total. The fourth-order valence-corrected chi connectivity index (χ4v) is 2.33. The third-order valence-corrected chi connectivity index (χ3v) is 3.49. The molecule has 0 aromatic heterocycles. The van der Waals surface area contributed by atoms with E-state index in [-0.39, 0.29) is 43.5 Å². The summed E-state index contributed by atoms with van der Waals surface area (Å²) in [5.41, 5.74) is 0. The molecule has 0 aromatic carbocycles. The molecule has 0 aromatic rings. The van der Waals surface area contributed by atoms with Gasteiger partial charge in [0, 0.05) is 25.8 Å². The first-order valence-electron chi connectivity index (χ1n) is 5.99. The van der Waals surface area contributed by atoms with Gasteiger partial charge in [0.1, 0.15) is 6.04 Å². The summed E-state index contributed by atoms with van der Waals surface area (Å²) in [6, 6.07) is -0.775. The number of halogens is 3. The second-order valence-corrected chi connectivity index (χ2v) is 4.94. The lowest BCUT2D eigenvalue weighted by Gasteiger charge is -2.34. The summed E-state index contributed by atoms with van der Waals surface area (Å²) in [7, 11) is 0. The molecular weight excluding hydrogens is 281 g/mol. The van der Waals surface area contributed by atoms with Gasteiger partial charge in [0.15, 0.2) is 0 Å². The summed E-state index contributed by atoms with van der Waals surface area (Å²) in [6.07, 6.45) is -4.38. The maximum Gasteiger partial charge on any atom is 0.391 e. The van der Waals surface area contributed by atoms with E-state index in [1.807, 2.05) is 0 Å². The van der Waals surface area contributed by atoms with E-state index in [1.54, 1.807) is 0 Å². The monoisotopic (exact) mass is 298 g/mol. The SMILES string of the molecule is CC(=O)NC(CS)C(=O)N1CCC(C(F)(F)F)CC1. The summed E-state index contributed by atoms with van der Waals surface area (Å²) in [6.45, 7) is 1.40.